The lowest BCUT2D eigenvalue weighted by molar-refractivity contribution is 0.0527. The van der Waals surface area contributed by atoms with Crippen molar-refractivity contribution in [1.82, 2.24) is 9.61 Å². The molecular formula is C14H16N2O3. The summed E-state index contributed by atoms with van der Waals surface area (Å²) in [5, 5.41) is 4.47. The molecular weight excluding hydrogens is 244 g/mol. The summed E-state index contributed by atoms with van der Waals surface area (Å²) in [7, 11) is 0. The predicted octanol–water partition coefficient (Wildman–Crippen LogP) is 2.01. The van der Waals surface area contributed by atoms with E-state index >= 15 is 0 Å². The molecule has 0 amide bonds. The van der Waals surface area contributed by atoms with Crippen LogP contribution in [0.25, 0.3) is 5.52 Å². The van der Waals surface area contributed by atoms with Gasteiger partial charge in [0.2, 0.25) is 0 Å². The Bertz CT molecular complexity index is 646. The second kappa shape index (κ2) is 4.57. The molecule has 0 radical (unpaired) electrons. The van der Waals surface area contributed by atoms with E-state index in [1.165, 1.54) is 0 Å². The first kappa shape index (κ1) is 12.0. The van der Waals surface area contributed by atoms with Crippen LogP contribution in [0, 0.1) is 0 Å². The molecule has 1 aliphatic rings. The number of carbonyl (C=O) groups excluding carboxylic acids is 1. The van der Waals surface area contributed by atoms with Gasteiger partial charge < -0.3 is 9.47 Å². The van der Waals surface area contributed by atoms with Crippen LogP contribution in [0.15, 0.2) is 12.3 Å². The fourth-order valence-electron chi connectivity index (χ4n) is 2.43. The first-order valence-electron chi connectivity index (χ1n) is 6.58. The monoisotopic (exact) mass is 260 g/mol. The third-order valence-electron chi connectivity index (χ3n) is 3.33. The number of aryl methyl sites for hydroxylation is 1. The molecule has 0 aliphatic carbocycles. The first-order valence-corrected chi connectivity index (χ1v) is 6.58. The molecule has 0 unspecified atom stereocenters. The molecule has 5 nitrogen and oxygen atoms in total. The Morgan fingerprint density at radius 1 is 1.53 bits per heavy atom. The number of aromatic nitrogens is 2. The van der Waals surface area contributed by atoms with Gasteiger partial charge in [-0.25, -0.2) is 9.31 Å². The molecule has 0 bridgehead atoms. The van der Waals surface area contributed by atoms with Crippen LogP contribution in [0.5, 0.6) is 5.75 Å². The molecule has 0 saturated heterocycles. The lowest BCUT2D eigenvalue weighted by Crippen LogP contribution is -2.06. The molecule has 3 rings (SSSR count). The van der Waals surface area contributed by atoms with E-state index in [-0.39, 0.29) is 5.97 Å². The van der Waals surface area contributed by atoms with Crippen molar-refractivity contribution in [3.63, 3.8) is 0 Å². The predicted molar refractivity (Wildman–Crippen MR) is 69.7 cm³/mol. The number of ether oxygens (including phenoxy) is 2. The Kier molecular flexibility index (Phi) is 2.89. The van der Waals surface area contributed by atoms with Crippen LogP contribution >= 0.6 is 0 Å². The van der Waals surface area contributed by atoms with Crippen LogP contribution in [-0.2, 0) is 17.6 Å². The van der Waals surface area contributed by atoms with E-state index < -0.39 is 0 Å². The van der Waals surface area contributed by atoms with Crippen molar-refractivity contribution in [3.05, 3.63) is 29.1 Å². The highest BCUT2D eigenvalue weighted by Gasteiger charge is 2.23. The Labute approximate surface area is 111 Å². The minimum Gasteiger partial charge on any atom is -0.493 e. The van der Waals surface area contributed by atoms with Gasteiger partial charge in [0.25, 0.3) is 0 Å². The fourth-order valence-corrected chi connectivity index (χ4v) is 2.43. The number of hydrogen-bond donors (Lipinski definition) is 0. The van der Waals surface area contributed by atoms with Crippen molar-refractivity contribution in [2.45, 2.75) is 26.7 Å². The van der Waals surface area contributed by atoms with Crippen molar-refractivity contribution < 1.29 is 14.3 Å². The lowest BCUT2D eigenvalue weighted by atomic mass is 10.1. The second-order valence-corrected chi connectivity index (χ2v) is 4.49. The zero-order valence-electron chi connectivity index (χ0n) is 11.1. The van der Waals surface area contributed by atoms with Gasteiger partial charge in [-0.05, 0) is 13.3 Å². The molecule has 100 valence electrons. The van der Waals surface area contributed by atoms with E-state index in [1.807, 2.05) is 19.2 Å². The number of carbonyl (C=O) groups is 1. The Morgan fingerprint density at radius 3 is 3.11 bits per heavy atom. The number of esters is 1. The summed E-state index contributed by atoms with van der Waals surface area (Å²) < 4.78 is 12.4. The molecule has 2 aromatic rings. The average Bonchev–Trinajstić information content (AvgIpc) is 2.98. The molecule has 0 N–H and O–H groups in total. The molecule has 0 aromatic carbocycles. The summed E-state index contributed by atoms with van der Waals surface area (Å²) in [6.07, 6.45) is 3.53. The van der Waals surface area contributed by atoms with E-state index in [0.717, 1.165) is 28.9 Å². The summed E-state index contributed by atoms with van der Waals surface area (Å²) >= 11 is 0. The highest BCUT2D eigenvalue weighted by Crippen LogP contribution is 2.29. The highest BCUT2D eigenvalue weighted by molar-refractivity contribution is 5.98. The summed E-state index contributed by atoms with van der Waals surface area (Å²) in [5.41, 5.74) is 3.22. The van der Waals surface area contributed by atoms with Crippen molar-refractivity contribution >= 4 is 11.5 Å². The highest BCUT2D eigenvalue weighted by atomic mass is 16.5. The fraction of sp³-hybridized carbons (Fsp3) is 0.429. The number of pyridine rings is 1. The molecule has 0 spiro atoms. The third kappa shape index (κ3) is 1.85. The van der Waals surface area contributed by atoms with Crippen molar-refractivity contribution in [3.8, 4) is 5.75 Å². The van der Waals surface area contributed by atoms with Crippen molar-refractivity contribution in [2.24, 2.45) is 0 Å². The second-order valence-electron chi connectivity index (χ2n) is 4.49. The summed E-state index contributed by atoms with van der Waals surface area (Å²) in [5.74, 6) is 0.535. The zero-order valence-corrected chi connectivity index (χ0v) is 11.1. The van der Waals surface area contributed by atoms with E-state index in [2.05, 4.69) is 5.10 Å². The molecule has 19 heavy (non-hydrogen) atoms. The van der Waals surface area contributed by atoms with E-state index in [0.29, 0.717) is 25.2 Å². The summed E-state index contributed by atoms with van der Waals surface area (Å²) in [6.45, 7) is 4.84. The Hall–Kier alpha value is -2.04. The van der Waals surface area contributed by atoms with Gasteiger partial charge in [0.1, 0.15) is 11.3 Å². The van der Waals surface area contributed by atoms with Crippen molar-refractivity contribution in [2.75, 3.05) is 13.2 Å². The van der Waals surface area contributed by atoms with Crippen LogP contribution in [0.2, 0.25) is 0 Å². The van der Waals surface area contributed by atoms with Crippen LogP contribution in [0.4, 0.5) is 0 Å². The van der Waals surface area contributed by atoms with Crippen LogP contribution in [-0.4, -0.2) is 28.8 Å². The third-order valence-corrected chi connectivity index (χ3v) is 3.33. The van der Waals surface area contributed by atoms with Gasteiger partial charge in [-0.3, -0.25) is 0 Å². The van der Waals surface area contributed by atoms with Crippen LogP contribution in [0.3, 0.4) is 0 Å². The van der Waals surface area contributed by atoms with E-state index in [4.69, 9.17) is 9.47 Å². The van der Waals surface area contributed by atoms with Gasteiger partial charge in [0.05, 0.1) is 24.4 Å². The van der Waals surface area contributed by atoms with Gasteiger partial charge in [0, 0.05) is 24.2 Å². The van der Waals surface area contributed by atoms with Crippen LogP contribution < -0.4 is 4.74 Å². The Balaban J connectivity index is 2.20. The van der Waals surface area contributed by atoms with Gasteiger partial charge in [-0.15, -0.1) is 0 Å². The number of fused-ring (bicyclic) bond motifs is 2. The summed E-state index contributed by atoms with van der Waals surface area (Å²) in [6, 6.07) is 1.89. The number of rotatable bonds is 3. The molecule has 3 heterocycles. The quantitative estimate of drug-likeness (QED) is 0.792. The molecule has 1 aliphatic heterocycles. The molecule has 0 fully saturated rings. The smallest absolute Gasteiger partial charge is 0.342 e. The maximum absolute atomic E-state index is 12.1. The zero-order chi connectivity index (χ0) is 13.4. The van der Waals surface area contributed by atoms with Crippen LogP contribution in [0.1, 0.15) is 35.5 Å². The number of hydrogen-bond acceptors (Lipinski definition) is 4. The van der Waals surface area contributed by atoms with E-state index in [1.54, 1.807) is 11.4 Å². The molecule has 0 atom stereocenters. The minimum atomic E-state index is -0.313. The van der Waals surface area contributed by atoms with E-state index in [9.17, 15) is 4.79 Å². The maximum atomic E-state index is 12.1. The summed E-state index contributed by atoms with van der Waals surface area (Å²) in [4.78, 5) is 12.1. The normalized spacial score (nSPS) is 13.4. The van der Waals surface area contributed by atoms with Gasteiger partial charge in [-0.1, -0.05) is 6.92 Å². The standard InChI is InChI=1S/C14H16N2O3/c1-3-10-13(14(17)18-4-2)11-7-12-9(5-6-19-12)8-16(11)15-10/h7-8H,3-6H2,1-2H3. The molecule has 5 heteroatoms. The van der Waals surface area contributed by atoms with Crippen molar-refractivity contribution in [1.29, 1.82) is 0 Å². The van der Waals surface area contributed by atoms with Gasteiger partial charge in [-0.2, -0.15) is 5.10 Å². The largest absolute Gasteiger partial charge is 0.493 e. The average molecular weight is 260 g/mol. The number of nitrogens with zero attached hydrogens (tertiary/aromatic N) is 2. The topological polar surface area (TPSA) is 52.8 Å². The lowest BCUT2D eigenvalue weighted by Gasteiger charge is -2.03. The maximum Gasteiger partial charge on any atom is 0.342 e. The van der Waals surface area contributed by atoms with Gasteiger partial charge in [0.15, 0.2) is 0 Å². The molecule has 2 aromatic heterocycles. The first-order chi connectivity index (χ1) is 9.24. The molecule has 0 saturated carbocycles. The minimum absolute atomic E-state index is 0.313. The van der Waals surface area contributed by atoms with Gasteiger partial charge >= 0.3 is 5.97 Å². The SMILES string of the molecule is CCOC(=O)c1c(CC)nn2cc3c(cc12)OCC3. The Morgan fingerprint density at radius 2 is 2.37 bits per heavy atom.